The number of hydrogen-bond acceptors (Lipinski definition) is 3. The van der Waals surface area contributed by atoms with Crippen molar-refractivity contribution in [2.75, 3.05) is 31.5 Å². The van der Waals surface area contributed by atoms with Gasteiger partial charge in [-0.05, 0) is 44.2 Å². The van der Waals surface area contributed by atoms with Crippen molar-refractivity contribution in [3.8, 4) is 0 Å². The van der Waals surface area contributed by atoms with Gasteiger partial charge in [-0.2, -0.15) is 0 Å². The fraction of sp³-hybridized carbons (Fsp3) is 0.667. The van der Waals surface area contributed by atoms with Crippen molar-refractivity contribution in [2.45, 2.75) is 65.0 Å². The van der Waals surface area contributed by atoms with Crippen LogP contribution in [0.4, 0.5) is 5.69 Å². The summed E-state index contributed by atoms with van der Waals surface area (Å²) in [6.07, 6.45) is 5.54. The monoisotopic (exact) mass is 413 g/mol. The maximum atomic E-state index is 12.7. The summed E-state index contributed by atoms with van der Waals surface area (Å²) in [6.45, 7) is 9.69. The summed E-state index contributed by atoms with van der Waals surface area (Å²) in [4.78, 5) is 19.6. The van der Waals surface area contributed by atoms with Crippen LogP contribution in [0.5, 0.6) is 0 Å². The van der Waals surface area contributed by atoms with E-state index in [-0.39, 0.29) is 18.0 Å². The number of nitrogens with zero attached hydrogens (tertiary/aromatic N) is 2. The molecule has 1 saturated heterocycles. The molecule has 1 aliphatic carbocycles. The number of likely N-dealkylation sites (tertiary alicyclic amines) is 1. The van der Waals surface area contributed by atoms with Crippen LogP contribution in [0, 0.1) is 11.8 Å². The molecule has 1 aliphatic heterocycles. The second-order valence-electron chi connectivity index (χ2n) is 8.98. The fourth-order valence-electron chi connectivity index (χ4n) is 4.38. The number of hydrogen-bond donors (Lipinski definition) is 3. The summed E-state index contributed by atoms with van der Waals surface area (Å²) in [6, 6.07) is 10.8. The minimum atomic E-state index is 0.256. The average molecular weight is 414 g/mol. The predicted molar refractivity (Wildman–Crippen MR) is 125 cm³/mol. The molecular formula is C24H39N5O. The van der Waals surface area contributed by atoms with Crippen molar-refractivity contribution in [3.05, 3.63) is 30.3 Å². The number of guanidine groups is 1. The summed E-state index contributed by atoms with van der Waals surface area (Å²) in [5.41, 5.74) is 1.13. The zero-order chi connectivity index (χ0) is 21.3. The van der Waals surface area contributed by atoms with Gasteiger partial charge in [-0.25, -0.2) is 0 Å². The molecule has 1 aromatic carbocycles. The Morgan fingerprint density at radius 2 is 1.90 bits per heavy atom. The molecule has 6 nitrogen and oxygen atoms in total. The minimum absolute atomic E-state index is 0.256. The summed E-state index contributed by atoms with van der Waals surface area (Å²) in [7, 11) is 0. The lowest BCUT2D eigenvalue weighted by Crippen LogP contribution is -2.46. The van der Waals surface area contributed by atoms with Crippen LogP contribution in [0.1, 0.15) is 52.9 Å². The van der Waals surface area contributed by atoms with Crippen LogP contribution in [0.15, 0.2) is 35.3 Å². The number of carbonyl (C=O) groups is 1. The normalized spacial score (nSPS) is 21.1. The van der Waals surface area contributed by atoms with Crippen LogP contribution < -0.4 is 16.0 Å². The van der Waals surface area contributed by atoms with Gasteiger partial charge in [-0.15, -0.1) is 0 Å². The molecule has 30 heavy (non-hydrogen) atoms. The fourth-order valence-corrected chi connectivity index (χ4v) is 4.38. The molecule has 1 amide bonds. The van der Waals surface area contributed by atoms with Gasteiger partial charge < -0.3 is 20.9 Å². The first-order chi connectivity index (χ1) is 14.6. The van der Waals surface area contributed by atoms with E-state index >= 15 is 0 Å². The zero-order valence-electron chi connectivity index (χ0n) is 18.9. The minimum Gasteiger partial charge on any atom is -0.380 e. The molecule has 1 saturated carbocycles. The Bertz CT molecular complexity index is 684. The first-order valence-corrected chi connectivity index (χ1v) is 11.7. The molecule has 0 radical (unpaired) electrons. The molecule has 1 heterocycles. The first kappa shape index (κ1) is 22.4. The SMILES string of the molecule is CCNC(=NCC(Nc1ccccc1)C(C)C)NC1CCN(C(=O)C2CCCC2)C1. The summed E-state index contributed by atoms with van der Waals surface area (Å²) in [5, 5.41) is 10.5. The highest BCUT2D eigenvalue weighted by atomic mass is 16.2. The quantitative estimate of drug-likeness (QED) is 0.451. The maximum Gasteiger partial charge on any atom is 0.225 e. The largest absolute Gasteiger partial charge is 0.380 e. The molecule has 0 spiro atoms. The van der Waals surface area contributed by atoms with E-state index in [9.17, 15) is 4.79 Å². The Morgan fingerprint density at radius 3 is 2.57 bits per heavy atom. The first-order valence-electron chi connectivity index (χ1n) is 11.7. The smallest absolute Gasteiger partial charge is 0.225 e. The molecule has 2 fully saturated rings. The second-order valence-corrected chi connectivity index (χ2v) is 8.98. The third-order valence-electron chi connectivity index (χ3n) is 6.27. The molecule has 1 aromatic rings. The molecule has 0 aromatic heterocycles. The third-order valence-corrected chi connectivity index (χ3v) is 6.27. The number of carbonyl (C=O) groups excluding carboxylic acids is 1. The van der Waals surface area contributed by atoms with Crippen LogP contribution >= 0.6 is 0 Å². The number of rotatable bonds is 8. The molecule has 3 rings (SSSR count). The standard InChI is InChI=1S/C24H39N5O/c1-4-25-24(26-16-22(18(2)3)27-20-12-6-5-7-13-20)28-21-14-15-29(17-21)23(30)19-10-8-9-11-19/h5-7,12-13,18-19,21-22,27H,4,8-11,14-17H2,1-3H3,(H2,25,26,28). The van der Waals surface area contributed by atoms with Crippen molar-refractivity contribution >= 4 is 17.6 Å². The van der Waals surface area contributed by atoms with E-state index in [1.165, 1.54) is 12.8 Å². The summed E-state index contributed by atoms with van der Waals surface area (Å²) in [5.74, 6) is 1.94. The highest BCUT2D eigenvalue weighted by molar-refractivity contribution is 5.81. The zero-order valence-corrected chi connectivity index (χ0v) is 18.9. The molecule has 3 N–H and O–H groups in total. The maximum absolute atomic E-state index is 12.7. The van der Waals surface area contributed by atoms with E-state index < -0.39 is 0 Å². The van der Waals surface area contributed by atoms with Crippen LogP contribution in [-0.4, -0.2) is 55.0 Å². The van der Waals surface area contributed by atoms with Gasteiger partial charge in [0.2, 0.25) is 5.91 Å². The van der Waals surface area contributed by atoms with Gasteiger partial charge in [0.05, 0.1) is 6.54 Å². The van der Waals surface area contributed by atoms with E-state index in [0.29, 0.717) is 18.4 Å². The van der Waals surface area contributed by atoms with Crippen LogP contribution in [-0.2, 0) is 4.79 Å². The van der Waals surface area contributed by atoms with Gasteiger partial charge >= 0.3 is 0 Å². The van der Waals surface area contributed by atoms with Crippen molar-refractivity contribution in [2.24, 2.45) is 16.8 Å². The number of aliphatic imine (C=N–C) groups is 1. The van der Waals surface area contributed by atoms with Gasteiger partial charge in [-0.3, -0.25) is 9.79 Å². The number of anilines is 1. The van der Waals surface area contributed by atoms with Crippen molar-refractivity contribution in [1.29, 1.82) is 0 Å². The molecule has 166 valence electrons. The van der Waals surface area contributed by atoms with Gasteiger partial charge in [0.15, 0.2) is 5.96 Å². The number of amides is 1. The van der Waals surface area contributed by atoms with Crippen molar-refractivity contribution < 1.29 is 4.79 Å². The number of benzene rings is 1. The Labute approximate surface area is 181 Å². The summed E-state index contributed by atoms with van der Waals surface area (Å²) >= 11 is 0. The molecule has 2 unspecified atom stereocenters. The Balaban J connectivity index is 1.55. The Morgan fingerprint density at radius 1 is 1.17 bits per heavy atom. The third kappa shape index (κ3) is 6.38. The molecule has 6 heteroatoms. The van der Waals surface area contributed by atoms with Gasteiger partial charge in [-0.1, -0.05) is 44.9 Å². The summed E-state index contributed by atoms with van der Waals surface area (Å²) < 4.78 is 0. The van der Waals surface area contributed by atoms with E-state index in [1.807, 2.05) is 18.2 Å². The van der Waals surface area contributed by atoms with Gasteiger partial charge in [0.25, 0.3) is 0 Å². The van der Waals surface area contributed by atoms with Gasteiger partial charge in [0.1, 0.15) is 0 Å². The lowest BCUT2D eigenvalue weighted by Gasteiger charge is -2.24. The van der Waals surface area contributed by atoms with E-state index in [1.54, 1.807) is 0 Å². The van der Waals surface area contributed by atoms with E-state index in [2.05, 4.69) is 53.8 Å². The topological polar surface area (TPSA) is 68.8 Å². The van der Waals surface area contributed by atoms with Crippen LogP contribution in [0.2, 0.25) is 0 Å². The van der Waals surface area contributed by atoms with E-state index in [4.69, 9.17) is 4.99 Å². The molecule has 2 aliphatic rings. The predicted octanol–water partition coefficient (Wildman–Crippen LogP) is 3.47. The lowest BCUT2D eigenvalue weighted by molar-refractivity contribution is -0.134. The highest BCUT2D eigenvalue weighted by Crippen LogP contribution is 2.27. The van der Waals surface area contributed by atoms with Crippen LogP contribution in [0.3, 0.4) is 0 Å². The average Bonchev–Trinajstić information content (AvgIpc) is 3.43. The van der Waals surface area contributed by atoms with Gasteiger partial charge in [0, 0.05) is 43.3 Å². The lowest BCUT2D eigenvalue weighted by atomic mass is 10.0. The van der Waals surface area contributed by atoms with Crippen LogP contribution in [0.25, 0.3) is 0 Å². The second kappa shape index (κ2) is 11.2. The molecule has 2 atom stereocenters. The van der Waals surface area contributed by atoms with Crippen molar-refractivity contribution in [1.82, 2.24) is 15.5 Å². The van der Waals surface area contributed by atoms with E-state index in [0.717, 1.165) is 50.5 Å². The highest BCUT2D eigenvalue weighted by Gasteiger charge is 2.32. The number of para-hydroxylation sites is 1. The Kier molecular flexibility index (Phi) is 8.40. The van der Waals surface area contributed by atoms with Crippen molar-refractivity contribution in [3.63, 3.8) is 0 Å². The molecular weight excluding hydrogens is 374 g/mol. The number of nitrogens with one attached hydrogen (secondary N) is 3. The molecule has 0 bridgehead atoms. The Hall–Kier alpha value is -2.24.